The van der Waals surface area contributed by atoms with Crippen molar-refractivity contribution >= 4 is 17.6 Å². The van der Waals surface area contributed by atoms with Gasteiger partial charge in [0, 0.05) is 31.0 Å². The lowest BCUT2D eigenvalue weighted by Crippen LogP contribution is -2.14. The number of carbonyl (C=O) groups is 2. The molecule has 0 unspecified atom stereocenters. The highest BCUT2D eigenvalue weighted by Gasteiger charge is 2.05. The molecule has 1 amide bonds. The van der Waals surface area contributed by atoms with E-state index in [9.17, 15) is 9.59 Å². The Morgan fingerprint density at radius 2 is 2.00 bits per heavy atom. The molecule has 0 bridgehead atoms. The van der Waals surface area contributed by atoms with Crippen molar-refractivity contribution in [1.82, 2.24) is 9.78 Å². The van der Waals surface area contributed by atoms with Gasteiger partial charge in [0.2, 0.25) is 5.91 Å². The summed E-state index contributed by atoms with van der Waals surface area (Å²) in [6, 6.07) is 7.82. The van der Waals surface area contributed by atoms with Gasteiger partial charge in [-0.25, -0.2) is 4.79 Å². The molecular formula is C13H13N3O3. The van der Waals surface area contributed by atoms with Crippen LogP contribution in [-0.4, -0.2) is 26.8 Å². The Balaban J connectivity index is 1.86. The fraction of sp³-hybridized carbons (Fsp3) is 0.154. The number of rotatable bonds is 5. The van der Waals surface area contributed by atoms with Gasteiger partial charge in [-0.05, 0) is 30.3 Å². The lowest BCUT2D eigenvalue weighted by Gasteiger charge is -2.05. The van der Waals surface area contributed by atoms with Crippen LogP contribution in [0.3, 0.4) is 0 Å². The fourth-order valence-electron chi connectivity index (χ4n) is 1.57. The molecule has 0 aliphatic heterocycles. The van der Waals surface area contributed by atoms with Crippen LogP contribution in [0.1, 0.15) is 16.8 Å². The van der Waals surface area contributed by atoms with E-state index in [0.717, 1.165) is 0 Å². The van der Waals surface area contributed by atoms with Crippen LogP contribution in [0.2, 0.25) is 0 Å². The largest absolute Gasteiger partial charge is 0.478 e. The van der Waals surface area contributed by atoms with Gasteiger partial charge in [0.05, 0.1) is 5.56 Å². The predicted molar refractivity (Wildman–Crippen MR) is 68.9 cm³/mol. The van der Waals surface area contributed by atoms with E-state index in [4.69, 9.17) is 5.11 Å². The summed E-state index contributed by atoms with van der Waals surface area (Å²) in [4.78, 5) is 22.3. The molecule has 6 nitrogen and oxygen atoms in total. The maximum Gasteiger partial charge on any atom is 0.335 e. The normalized spacial score (nSPS) is 10.1. The highest BCUT2D eigenvalue weighted by molar-refractivity contribution is 5.92. The molecule has 98 valence electrons. The number of nitrogens with one attached hydrogen (secondary N) is 1. The molecule has 0 saturated carbocycles. The number of nitrogens with zero attached hydrogens (tertiary/aromatic N) is 2. The van der Waals surface area contributed by atoms with Crippen LogP contribution in [0, 0.1) is 0 Å². The molecule has 0 saturated heterocycles. The van der Waals surface area contributed by atoms with Gasteiger partial charge >= 0.3 is 5.97 Å². The smallest absolute Gasteiger partial charge is 0.335 e. The summed E-state index contributed by atoms with van der Waals surface area (Å²) in [6.45, 7) is 0.506. The van der Waals surface area contributed by atoms with E-state index in [1.807, 2.05) is 0 Å². The lowest BCUT2D eigenvalue weighted by atomic mass is 10.2. The zero-order valence-electron chi connectivity index (χ0n) is 10.1. The van der Waals surface area contributed by atoms with Gasteiger partial charge in [0.25, 0.3) is 0 Å². The summed E-state index contributed by atoms with van der Waals surface area (Å²) >= 11 is 0. The van der Waals surface area contributed by atoms with E-state index in [2.05, 4.69) is 10.4 Å². The number of aryl methyl sites for hydroxylation is 1. The van der Waals surface area contributed by atoms with Crippen LogP contribution in [0.4, 0.5) is 5.69 Å². The monoisotopic (exact) mass is 259 g/mol. The molecule has 2 aromatic rings. The van der Waals surface area contributed by atoms with Crippen molar-refractivity contribution in [3.63, 3.8) is 0 Å². The summed E-state index contributed by atoms with van der Waals surface area (Å²) in [6.07, 6.45) is 3.75. The quantitative estimate of drug-likeness (QED) is 0.854. The number of aromatic carboxylic acids is 1. The Labute approximate surface area is 109 Å². The average Bonchev–Trinajstić information content (AvgIpc) is 2.90. The second-order valence-corrected chi connectivity index (χ2v) is 3.95. The summed E-state index contributed by atoms with van der Waals surface area (Å²) in [7, 11) is 0. The number of benzene rings is 1. The molecule has 0 spiro atoms. The molecule has 0 aliphatic rings. The molecule has 6 heteroatoms. The first-order valence-corrected chi connectivity index (χ1v) is 5.76. The molecule has 2 rings (SSSR count). The highest BCUT2D eigenvalue weighted by Crippen LogP contribution is 2.10. The van der Waals surface area contributed by atoms with Gasteiger partial charge in [-0.2, -0.15) is 5.10 Å². The third kappa shape index (κ3) is 3.67. The van der Waals surface area contributed by atoms with Crippen molar-refractivity contribution in [2.45, 2.75) is 13.0 Å². The Hall–Kier alpha value is -2.63. The van der Waals surface area contributed by atoms with Crippen molar-refractivity contribution in [1.29, 1.82) is 0 Å². The molecule has 19 heavy (non-hydrogen) atoms. The predicted octanol–water partition coefficient (Wildman–Crippen LogP) is 1.61. The Bertz CT molecular complexity index is 561. The van der Waals surface area contributed by atoms with Crippen molar-refractivity contribution in [2.75, 3.05) is 5.32 Å². The Morgan fingerprint density at radius 3 is 2.58 bits per heavy atom. The van der Waals surface area contributed by atoms with Crippen LogP contribution in [0.5, 0.6) is 0 Å². The van der Waals surface area contributed by atoms with E-state index >= 15 is 0 Å². The van der Waals surface area contributed by atoms with Gasteiger partial charge in [-0.1, -0.05) is 0 Å². The number of aromatic nitrogens is 2. The van der Waals surface area contributed by atoms with Crippen molar-refractivity contribution in [3.05, 3.63) is 48.3 Å². The molecule has 2 N–H and O–H groups in total. The number of hydrogen-bond acceptors (Lipinski definition) is 3. The van der Waals surface area contributed by atoms with Gasteiger partial charge < -0.3 is 10.4 Å². The fourth-order valence-corrected chi connectivity index (χ4v) is 1.57. The van der Waals surface area contributed by atoms with Gasteiger partial charge in [0.1, 0.15) is 0 Å². The lowest BCUT2D eigenvalue weighted by molar-refractivity contribution is -0.116. The van der Waals surface area contributed by atoms with Crippen LogP contribution < -0.4 is 5.32 Å². The number of carboxylic acid groups (broad SMARTS) is 1. The molecule has 0 atom stereocenters. The molecule has 0 radical (unpaired) electrons. The first kappa shape index (κ1) is 12.8. The van der Waals surface area contributed by atoms with Crippen LogP contribution in [0.15, 0.2) is 42.7 Å². The van der Waals surface area contributed by atoms with E-state index < -0.39 is 5.97 Å². The third-order valence-corrected chi connectivity index (χ3v) is 2.54. The summed E-state index contributed by atoms with van der Waals surface area (Å²) in [5.41, 5.74) is 0.769. The first-order valence-electron chi connectivity index (χ1n) is 5.76. The van der Waals surface area contributed by atoms with Crippen molar-refractivity contribution in [3.8, 4) is 0 Å². The van der Waals surface area contributed by atoms with E-state index in [-0.39, 0.29) is 11.5 Å². The number of hydrogen-bond donors (Lipinski definition) is 2. The molecule has 1 aromatic carbocycles. The standard InChI is InChI=1S/C13H13N3O3/c17-12(6-9-16-8-1-7-14-16)15-11-4-2-10(3-5-11)13(18)19/h1-5,7-8H,6,9H2,(H,15,17)(H,18,19). The van der Waals surface area contributed by atoms with Crippen LogP contribution in [-0.2, 0) is 11.3 Å². The van der Waals surface area contributed by atoms with E-state index in [0.29, 0.717) is 18.7 Å². The zero-order chi connectivity index (χ0) is 13.7. The van der Waals surface area contributed by atoms with Gasteiger partial charge in [-0.15, -0.1) is 0 Å². The van der Waals surface area contributed by atoms with Crippen molar-refractivity contribution in [2.24, 2.45) is 0 Å². The van der Waals surface area contributed by atoms with Gasteiger partial charge in [0.15, 0.2) is 0 Å². The minimum Gasteiger partial charge on any atom is -0.478 e. The van der Waals surface area contributed by atoms with Crippen LogP contribution >= 0.6 is 0 Å². The topological polar surface area (TPSA) is 84.2 Å². The summed E-state index contributed by atoms with van der Waals surface area (Å²) < 4.78 is 1.67. The van der Waals surface area contributed by atoms with Gasteiger partial charge in [-0.3, -0.25) is 9.48 Å². The first-order chi connectivity index (χ1) is 9.15. The number of anilines is 1. The SMILES string of the molecule is O=C(CCn1cccn1)Nc1ccc(C(=O)O)cc1. The maximum atomic E-state index is 11.7. The summed E-state index contributed by atoms with van der Waals surface area (Å²) in [5.74, 6) is -1.13. The second-order valence-electron chi connectivity index (χ2n) is 3.95. The minimum absolute atomic E-state index is 0.140. The number of carbonyl (C=O) groups excluding carboxylic acids is 1. The molecular weight excluding hydrogens is 246 g/mol. The van der Waals surface area contributed by atoms with E-state index in [1.54, 1.807) is 35.3 Å². The van der Waals surface area contributed by atoms with E-state index in [1.165, 1.54) is 12.1 Å². The minimum atomic E-state index is -0.989. The Morgan fingerprint density at radius 1 is 1.26 bits per heavy atom. The maximum absolute atomic E-state index is 11.7. The third-order valence-electron chi connectivity index (χ3n) is 2.54. The number of amides is 1. The number of carboxylic acids is 1. The zero-order valence-corrected chi connectivity index (χ0v) is 10.1. The molecule has 0 fully saturated rings. The second kappa shape index (κ2) is 5.81. The Kier molecular flexibility index (Phi) is 3.92. The van der Waals surface area contributed by atoms with Crippen LogP contribution in [0.25, 0.3) is 0 Å². The average molecular weight is 259 g/mol. The molecule has 1 aromatic heterocycles. The molecule has 0 aliphatic carbocycles. The molecule has 1 heterocycles. The highest BCUT2D eigenvalue weighted by atomic mass is 16.4. The van der Waals surface area contributed by atoms with Crippen molar-refractivity contribution < 1.29 is 14.7 Å². The summed E-state index contributed by atoms with van der Waals surface area (Å²) in [5, 5.41) is 15.4.